The van der Waals surface area contributed by atoms with Crippen molar-refractivity contribution in [1.29, 1.82) is 0 Å². The van der Waals surface area contributed by atoms with Crippen LogP contribution in [0.5, 0.6) is 0 Å². The van der Waals surface area contributed by atoms with Gasteiger partial charge in [0.15, 0.2) is 0 Å². The van der Waals surface area contributed by atoms with E-state index in [2.05, 4.69) is 0 Å². The molecule has 0 bridgehead atoms. The molecule has 0 saturated carbocycles. The first-order valence-corrected chi connectivity index (χ1v) is 10.1. The van der Waals surface area contributed by atoms with Gasteiger partial charge in [0.25, 0.3) is 16.8 Å². The van der Waals surface area contributed by atoms with E-state index in [9.17, 15) is 24.1 Å². The van der Waals surface area contributed by atoms with Gasteiger partial charge in [0, 0.05) is 34.4 Å². The summed E-state index contributed by atoms with van der Waals surface area (Å²) in [6.45, 7) is -0.278. The molecule has 10 heteroatoms. The van der Waals surface area contributed by atoms with Crippen molar-refractivity contribution >= 4 is 46.3 Å². The highest BCUT2D eigenvalue weighted by Crippen LogP contribution is 2.35. The fourth-order valence-corrected chi connectivity index (χ4v) is 3.98. The summed E-state index contributed by atoms with van der Waals surface area (Å²) in [4.78, 5) is 36.3. The third-order valence-electron chi connectivity index (χ3n) is 4.51. The first-order valence-electron chi connectivity index (χ1n) is 8.86. The molecule has 31 heavy (non-hydrogen) atoms. The summed E-state index contributed by atoms with van der Waals surface area (Å²) in [7, 11) is 0. The van der Waals surface area contributed by atoms with Gasteiger partial charge >= 0.3 is 0 Å². The molecule has 1 aliphatic rings. The van der Waals surface area contributed by atoms with Crippen LogP contribution in [-0.2, 0) is 11.3 Å². The molecule has 0 radical (unpaired) electrons. The molecule has 0 atom stereocenters. The Balaban J connectivity index is 1.54. The molecule has 2 aromatic carbocycles. The van der Waals surface area contributed by atoms with E-state index >= 15 is 0 Å². The number of carbonyl (C=O) groups excluding carboxylic acids is 2. The SMILES string of the molecule is O=C1S/C(=C\c2ccc(-c3ccc([N+](=O)[O-])cc3)o2)C(=O)N1Cc1c(F)cccc1Cl. The number of nitrogens with zero attached hydrogens (tertiary/aromatic N) is 2. The Kier molecular flexibility index (Phi) is 5.62. The van der Waals surface area contributed by atoms with Crippen LogP contribution in [0.4, 0.5) is 14.9 Å². The number of benzene rings is 2. The number of hydrogen-bond acceptors (Lipinski definition) is 6. The fourth-order valence-electron chi connectivity index (χ4n) is 2.94. The van der Waals surface area contributed by atoms with Crippen molar-refractivity contribution in [3.05, 3.63) is 91.8 Å². The van der Waals surface area contributed by atoms with Crippen molar-refractivity contribution in [3.8, 4) is 11.3 Å². The van der Waals surface area contributed by atoms with Crippen LogP contribution in [0.15, 0.2) is 63.9 Å². The number of amides is 2. The standard InChI is InChI=1S/C21H12ClFN2O5S/c22-16-2-1-3-17(23)15(16)11-24-20(26)19(31-21(24)27)10-14-8-9-18(30-14)12-4-6-13(7-5-12)25(28)29/h1-10H,11H2/b19-10-. The number of thioether (sulfide) groups is 1. The van der Waals surface area contributed by atoms with E-state index in [4.69, 9.17) is 16.0 Å². The molecule has 156 valence electrons. The second-order valence-electron chi connectivity index (χ2n) is 6.47. The van der Waals surface area contributed by atoms with Gasteiger partial charge in [-0.2, -0.15) is 0 Å². The highest BCUT2D eigenvalue weighted by atomic mass is 35.5. The van der Waals surface area contributed by atoms with Gasteiger partial charge in [0.2, 0.25) is 0 Å². The van der Waals surface area contributed by atoms with Crippen molar-refractivity contribution in [2.75, 3.05) is 0 Å². The molecule has 1 aliphatic heterocycles. The molecule has 1 fully saturated rings. The van der Waals surface area contributed by atoms with E-state index in [-0.39, 0.29) is 27.7 Å². The zero-order chi connectivity index (χ0) is 22.1. The molecule has 1 aromatic heterocycles. The largest absolute Gasteiger partial charge is 0.457 e. The topological polar surface area (TPSA) is 93.7 Å². The summed E-state index contributed by atoms with van der Waals surface area (Å²) in [6.07, 6.45) is 1.42. The van der Waals surface area contributed by atoms with E-state index in [0.29, 0.717) is 28.8 Å². The average molecular weight is 459 g/mol. The predicted molar refractivity (Wildman–Crippen MR) is 114 cm³/mol. The van der Waals surface area contributed by atoms with Crippen molar-refractivity contribution in [3.63, 3.8) is 0 Å². The number of furan rings is 1. The zero-order valence-electron chi connectivity index (χ0n) is 15.6. The van der Waals surface area contributed by atoms with Gasteiger partial charge in [-0.05, 0) is 48.2 Å². The summed E-state index contributed by atoms with van der Waals surface area (Å²) in [5, 5.41) is 10.3. The zero-order valence-corrected chi connectivity index (χ0v) is 17.2. The second kappa shape index (κ2) is 8.37. The van der Waals surface area contributed by atoms with E-state index in [1.165, 1.54) is 36.4 Å². The maximum Gasteiger partial charge on any atom is 0.293 e. The monoisotopic (exact) mass is 458 g/mol. The highest BCUT2D eigenvalue weighted by molar-refractivity contribution is 8.18. The molecule has 0 N–H and O–H groups in total. The first-order chi connectivity index (χ1) is 14.8. The van der Waals surface area contributed by atoms with E-state index in [1.54, 1.807) is 24.3 Å². The van der Waals surface area contributed by atoms with Crippen LogP contribution in [0.2, 0.25) is 5.02 Å². The number of nitro benzene ring substituents is 1. The minimum absolute atomic E-state index is 0.0424. The summed E-state index contributed by atoms with van der Waals surface area (Å²) in [5.41, 5.74) is 0.637. The lowest BCUT2D eigenvalue weighted by atomic mass is 10.1. The lowest BCUT2D eigenvalue weighted by Gasteiger charge is -2.14. The second-order valence-corrected chi connectivity index (χ2v) is 7.87. The lowest BCUT2D eigenvalue weighted by Crippen LogP contribution is -2.28. The van der Waals surface area contributed by atoms with Gasteiger partial charge in [0.05, 0.1) is 16.4 Å². The van der Waals surface area contributed by atoms with Gasteiger partial charge in [-0.3, -0.25) is 24.6 Å². The molecule has 0 spiro atoms. The predicted octanol–water partition coefficient (Wildman–Crippen LogP) is 5.88. The van der Waals surface area contributed by atoms with E-state index in [1.807, 2.05) is 0 Å². The third-order valence-corrected chi connectivity index (χ3v) is 5.78. The quantitative estimate of drug-likeness (QED) is 0.269. The minimum atomic E-state index is -0.602. The van der Waals surface area contributed by atoms with Crippen molar-refractivity contribution < 1.29 is 23.3 Å². The molecule has 2 amide bonds. The normalized spacial score (nSPS) is 15.2. The van der Waals surface area contributed by atoms with Crippen molar-refractivity contribution in [2.45, 2.75) is 6.54 Å². The summed E-state index contributed by atoms with van der Waals surface area (Å²) in [6, 6.07) is 13.2. The summed E-state index contributed by atoms with van der Waals surface area (Å²) >= 11 is 6.71. The highest BCUT2D eigenvalue weighted by Gasteiger charge is 2.36. The summed E-state index contributed by atoms with van der Waals surface area (Å²) in [5.74, 6) is -0.418. The number of imide groups is 1. The van der Waals surface area contributed by atoms with Gasteiger partial charge in [-0.15, -0.1) is 0 Å². The minimum Gasteiger partial charge on any atom is -0.457 e. The number of non-ortho nitro benzene ring substituents is 1. The number of carbonyl (C=O) groups is 2. The smallest absolute Gasteiger partial charge is 0.293 e. The number of hydrogen-bond donors (Lipinski definition) is 0. The Morgan fingerprint density at radius 2 is 1.87 bits per heavy atom. The average Bonchev–Trinajstić information content (AvgIpc) is 3.30. The van der Waals surface area contributed by atoms with Gasteiger partial charge in [0.1, 0.15) is 17.3 Å². The molecule has 4 rings (SSSR count). The van der Waals surface area contributed by atoms with E-state index < -0.39 is 21.9 Å². The molecule has 2 heterocycles. The maximum absolute atomic E-state index is 14.0. The van der Waals surface area contributed by atoms with E-state index in [0.717, 1.165) is 4.90 Å². The van der Waals surface area contributed by atoms with Gasteiger partial charge in [-0.1, -0.05) is 17.7 Å². The molecular weight excluding hydrogens is 447 g/mol. The van der Waals surface area contributed by atoms with Gasteiger partial charge in [-0.25, -0.2) is 4.39 Å². The van der Waals surface area contributed by atoms with Crippen LogP contribution >= 0.6 is 23.4 Å². The Hall–Kier alpha value is -3.43. The molecule has 0 unspecified atom stereocenters. The summed E-state index contributed by atoms with van der Waals surface area (Å²) < 4.78 is 19.7. The first kappa shape index (κ1) is 20.8. The maximum atomic E-state index is 14.0. The Morgan fingerprint density at radius 3 is 2.55 bits per heavy atom. The van der Waals surface area contributed by atoms with Crippen LogP contribution in [0, 0.1) is 15.9 Å². The van der Waals surface area contributed by atoms with Crippen molar-refractivity contribution in [2.24, 2.45) is 0 Å². The fraction of sp³-hybridized carbons (Fsp3) is 0.0476. The molecular formula is C21H12ClFN2O5S. The van der Waals surface area contributed by atoms with Crippen molar-refractivity contribution in [1.82, 2.24) is 4.90 Å². The Bertz CT molecular complexity index is 1220. The molecule has 3 aromatic rings. The van der Waals surface area contributed by atoms with Crippen LogP contribution in [0.1, 0.15) is 11.3 Å². The Labute approximate surface area is 184 Å². The number of halogens is 2. The van der Waals surface area contributed by atoms with Gasteiger partial charge < -0.3 is 4.42 Å². The molecule has 7 nitrogen and oxygen atoms in total. The Morgan fingerprint density at radius 1 is 1.13 bits per heavy atom. The third kappa shape index (κ3) is 4.23. The molecule has 1 saturated heterocycles. The van der Waals surface area contributed by atoms with Crippen LogP contribution in [0.3, 0.4) is 0 Å². The number of nitro groups is 1. The number of rotatable bonds is 5. The lowest BCUT2D eigenvalue weighted by molar-refractivity contribution is -0.384. The van der Waals surface area contributed by atoms with Crippen LogP contribution in [-0.4, -0.2) is 21.0 Å². The van der Waals surface area contributed by atoms with Crippen LogP contribution in [0.25, 0.3) is 17.4 Å². The molecule has 0 aliphatic carbocycles. The van der Waals surface area contributed by atoms with Crippen LogP contribution < -0.4 is 0 Å².